The van der Waals surface area contributed by atoms with Gasteiger partial charge in [-0.05, 0) is 60.2 Å². The Labute approximate surface area is 168 Å². The van der Waals surface area contributed by atoms with Gasteiger partial charge in [-0.3, -0.25) is 9.59 Å². The molecular weight excluding hydrogens is 368 g/mol. The standard InChI is InChI=1S/C23H22N2O2S/c1-15-9-10-18(12-16(15)2)24-22(26)13-20(21-8-5-11-28-21)25-14-17-6-3-4-7-19(17)23(25)27/h3-12,20H,13-14H2,1-2H3,(H,24,26)/t20-/m0/s1. The maximum Gasteiger partial charge on any atom is 0.255 e. The van der Waals surface area contributed by atoms with Crippen LogP contribution in [0, 0.1) is 13.8 Å². The van der Waals surface area contributed by atoms with Gasteiger partial charge in [0.2, 0.25) is 5.91 Å². The molecule has 3 aromatic rings. The van der Waals surface area contributed by atoms with E-state index in [0.717, 1.165) is 27.3 Å². The molecule has 0 saturated carbocycles. The topological polar surface area (TPSA) is 49.4 Å². The van der Waals surface area contributed by atoms with Crippen LogP contribution in [0.2, 0.25) is 0 Å². The van der Waals surface area contributed by atoms with Gasteiger partial charge in [0.1, 0.15) is 0 Å². The molecule has 2 heterocycles. The Kier molecular flexibility index (Phi) is 5.01. The van der Waals surface area contributed by atoms with Gasteiger partial charge in [0.15, 0.2) is 0 Å². The van der Waals surface area contributed by atoms with Crippen molar-refractivity contribution in [3.8, 4) is 0 Å². The largest absolute Gasteiger partial charge is 0.326 e. The Balaban J connectivity index is 1.55. The number of fused-ring (bicyclic) bond motifs is 1. The fourth-order valence-corrected chi connectivity index (χ4v) is 4.42. The van der Waals surface area contributed by atoms with Crippen molar-refractivity contribution >= 4 is 28.8 Å². The number of thiophene rings is 1. The molecule has 0 unspecified atom stereocenters. The minimum Gasteiger partial charge on any atom is -0.326 e. The fraction of sp³-hybridized carbons (Fsp3) is 0.217. The van der Waals surface area contributed by atoms with Gasteiger partial charge >= 0.3 is 0 Å². The second-order valence-electron chi connectivity index (χ2n) is 7.17. The number of benzene rings is 2. The van der Waals surface area contributed by atoms with Crippen molar-refractivity contribution in [2.75, 3.05) is 5.32 Å². The number of nitrogens with one attached hydrogen (secondary N) is 1. The highest BCUT2D eigenvalue weighted by molar-refractivity contribution is 7.10. The number of amides is 2. The number of nitrogens with zero attached hydrogens (tertiary/aromatic N) is 1. The van der Waals surface area contributed by atoms with E-state index in [1.807, 2.05) is 78.7 Å². The molecule has 5 heteroatoms. The molecule has 0 fully saturated rings. The third-order valence-electron chi connectivity index (χ3n) is 5.27. The molecule has 0 aliphatic carbocycles. The third-order valence-corrected chi connectivity index (χ3v) is 6.24. The zero-order valence-electron chi connectivity index (χ0n) is 15.9. The van der Waals surface area contributed by atoms with Gasteiger partial charge in [-0.15, -0.1) is 11.3 Å². The Morgan fingerprint density at radius 3 is 2.64 bits per heavy atom. The predicted octanol–water partition coefficient (Wildman–Crippen LogP) is 5.09. The van der Waals surface area contributed by atoms with Crippen LogP contribution in [-0.4, -0.2) is 16.7 Å². The van der Waals surface area contributed by atoms with Crippen LogP contribution in [0.25, 0.3) is 0 Å². The number of rotatable bonds is 5. The summed E-state index contributed by atoms with van der Waals surface area (Å²) in [7, 11) is 0. The van der Waals surface area contributed by atoms with Crippen LogP contribution in [0.3, 0.4) is 0 Å². The minimum atomic E-state index is -0.272. The predicted molar refractivity (Wildman–Crippen MR) is 113 cm³/mol. The molecule has 1 aliphatic rings. The van der Waals surface area contributed by atoms with Crippen molar-refractivity contribution in [3.63, 3.8) is 0 Å². The SMILES string of the molecule is Cc1ccc(NC(=O)C[C@@H](c2cccs2)N2Cc3ccccc3C2=O)cc1C. The maximum absolute atomic E-state index is 13.0. The summed E-state index contributed by atoms with van der Waals surface area (Å²) in [6, 6.07) is 17.2. The summed E-state index contributed by atoms with van der Waals surface area (Å²) in [4.78, 5) is 28.6. The number of aryl methyl sites for hydroxylation is 2. The lowest BCUT2D eigenvalue weighted by Gasteiger charge is -2.26. The highest BCUT2D eigenvalue weighted by Crippen LogP contribution is 2.35. The van der Waals surface area contributed by atoms with Gasteiger partial charge in [-0.2, -0.15) is 0 Å². The molecule has 28 heavy (non-hydrogen) atoms. The molecule has 1 atom stereocenters. The molecule has 2 aromatic carbocycles. The van der Waals surface area contributed by atoms with E-state index in [4.69, 9.17) is 0 Å². The molecule has 0 radical (unpaired) electrons. The zero-order chi connectivity index (χ0) is 19.7. The first kappa shape index (κ1) is 18.4. The van der Waals surface area contributed by atoms with Crippen molar-refractivity contribution in [1.29, 1.82) is 0 Å². The molecule has 1 aliphatic heterocycles. The highest BCUT2D eigenvalue weighted by atomic mass is 32.1. The Morgan fingerprint density at radius 1 is 1.11 bits per heavy atom. The molecule has 1 aromatic heterocycles. The van der Waals surface area contributed by atoms with Gasteiger partial charge in [-0.25, -0.2) is 0 Å². The number of carbonyl (C=O) groups is 2. The Morgan fingerprint density at radius 2 is 1.93 bits per heavy atom. The first-order valence-corrected chi connectivity index (χ1v) is 10.2. The third kappa shape index (κ3) is 3.58. The summed E-state index contributed by atoms with van der Waals surface area (Å²) in [5.74, 6) is -0.0987. The van der Waals surface area contributed by atoms with E-state index >= 15 is 0 Å². The lowest BCUT2D eigenvalue weighted by molar-refractivity contribution is -0.117. The molecule has 0 spiro atoms. The molecule has 2 amide bonds. The molecule has 4 rings (SSSR count). The zero-order valence-corrected chi connectivity index (χ0v) is 16.8. The van der Waals surface area contributed by atoms with Crippen LogP contribution in [0.15, 0.2) is 60.0 Å². The first-order valence-electron chi connectivity index (χ1n) is 9.32. The van der Waals surface area contributed by atoms with E-state index < -0.39 is 0 Å². The average Bonchev–Trinajstić information content (AvgIpc) is 3.32. The molecular formula is C23H22N2O2S. The van der Waals surface area contributed by atoms with E-state index in [0.29, 0.717) is 6.54 Å². The van der Waals surface area contributed by atoms with Crippen molar-refractivity contribution in [2.45, 2.75) is 32.9 Å². The molecule has 0 bridgehead atoms. The first-order chi connectivity index (χ1) is 13.5. The second-order valence-corrected chi connectivity index (χ2v) is 8.15. The number of anilines is 1. The van der Waals surface area contributed by atoms with Gasteiger partial charge in [0, 0.05) is 22.7 Å². The van der Waals surface area contributed by atoms with Crippen molar-refractivity contribution in [3.05, 3.63) is 87.1 Å². The maximum atomic E-state index is 13.0. The summed E-state index contributed by atoms with van der Waals surface area (Å²) in [6.07, 6.45) is 0.229. The quantitative estimate of drug-likeness (QED) is 0.660. The van der Waals surface area contributed by atoms with Crippen molar-refractivity contribution < 1.29 is 9.59 Å². The van der Waals surface area contributed by atoms with E-state index in [9.17, 15) is 9.59 Å². The van der Waals surface area contributed by atoms with Crippen LogP contribution in [0.1, 0.15) is 44.4 Å². The lowest BCUT2D eigenvalue weighted by Crippen LogP contribution is -2.31. The molecule has 142 valence electrons. The molecule has 1 N–H and O–H groups in total. The summed E-state index contributed by atoms with van der Waals surface area (Å²) < 4.78 is 0. The van der Waals surface area contributed by atoms with E-state index in [1.54, 1.807) is 11.3 Å². The average molecular weight is 391 g/mol. The normalized spacial score (nSPS) is 14.1. The molecule has 4 nitrogen and oxygen atoms in total. The minimum absolute atomic E-state index is 0.00650. The van der Waals surface area contributed by atoms with E-state index in [1.165, 1.54) is 5.56 Å². The number of hydrogen-bond acceptors (Lipinski definition) is 3. The number of carbonyl (C=O) groups excluding carboxylic acids is 2. The Bertz CT molecular complexity index is 1030. The van der Waals surface area contributed by atoms with E-state index in [2.05, 4.69) is 5.32 Å². The van der Waals surface area contributed by atoms with Crippen molar-refractivity contribution in [1.82, 2.24) is 4.90 Å². The smallest absolute Gasteiger partial charge is 0.255 e. The second kappa shape index (κ2) is 7.60. The fourth-order valence-electron chi connectivity index (χ4n) is 3.58. The summed E-state index contributed by atoms with van der Waals surface area (Å²) in [6.45, 7) is 4.61. The number of hydrogen-bond donors (Lipinski definition) is 1. The monoisotopic (exact) mass is 390 g/mol. The van der Waals surface area contributed by atoms with Crippen molar-refractivity contribution in [2.24, 2.45) is 0 Å². The van der Waals surface area contributed by atoms with Crippen LogP contribution < -0.4 is 5.32 Å². The van der Waals surface area contributed by atoms with Crippen LogP contribution in [0.5, 0.6) is 0 Å². The summed E-state index contributed by atoms with van der Waals surface area (Å²) in [5, 5.41) is 4.97. The molecule has 0 saturated heterocycles. The van der Waals surface area contributed by atoms with Crippen LogP contribution in [-0.2, 0) is 11.3 Å². The van der Waals surface area contributed by atoms with E-state index in [-0.39, 0.29) is 24.3 Å². The van der Waals surface area contributed by atoms with Gasteiger partial charge in [0.25, 0.3) is 5.91 Å². The van der Waals surface area contributed by atoms with Crippen LogP contribution >= 0.6 is 11.3 Å². The van der Waals surface area contributed by atoms with Gasteiger partial charge < -0.3 is 10.2 Å². The van der Waals surface area contributed by atoms with Gasteiger partial charge in [-0.1, -0.05) is 30.3 Å². The van der Waals surface area contributed by atoms with Gasteiger partial charge in [0.05, 0.1) is 12.5 Å². The summed E-state index contributed by atoms with van der Waals surface area (Å²) >= 11 is 1.58. The highest BCUT2D eigenvalue weighted by Gasteiger charge is 2.34. The summed E-state index contributed by atoms with van der Waals surface area (Å²) in [5.41, 5.74) is 4.86. The Hall–Kier alpha value is -2.92. The lowest BCUT2D eigenvalue weighted by atomic mass is 10.1. The van der Waals surface area contributed by atoms with Crippen LogP contribution in [0.4, 0.5) is 5.69 Å².